The van der Waals surface area contributed by atoms with Crippen LogP contribution in [0.4, 0.5) is 5.82 Å². The molecule has 1 amide bonds. The molecular weight excluding hydrogens is 324 g/mol. The molecule has 0 aliphatic heterocycles. The van der Waals surface area contributed by atoms with E-state index in [-0.39, 0.29) is 16.9 Å². The normalized spacial score (nSPS) is 12.2. The van der Waals surface area contributed by atoms with E-state index < -0.39 is 0 Å². The Morgan fingerprint density at radius 3 is 2.42 bits per heavy atom. The molecule has 5 heteroatoms. The molecule has 1 aromatic carbocycles. The average molecular weight is 350 g/mol. The molecule has 2 aromatic rings. The zero-order valence-corrected chi connectivity index (χ0v) is 16.3. The standard InChI is InChI=1S/C21H26N4O/c1-20(2,3)17-13-18(25(24-17)21(4,5)6)23-19(26)12-11-15-9-7-8-10-16(15)14-22/h7-13H,1-6H3,(H,23,26)/b12-11+. The van der Waals surface area contributed by atoms with Gasteiger partial charge in [-0.25, -0.2) is 4.68 Å². The van der Waals surface area contributed by atoms with Crippen LogP contribution in [0.25, 0.3) is 6.08 Å². The Balaban J connectivity index is 2.27. The monoisotopic (exact) mass is 350 g/mol. The number of hydrogen-bond donors (Lipinski definition) is 1. The van der Waals surface area contributed by atoms with Gasteiger partial charge >= 0.3 is 0 Å². The first-order chi connectivity index (χ1) is 12.0. The minimum atomic E-state index is -0.261. The number of benzene rings is 1. The van der Waals surface area contributed by atoms with E-state index in [0.29, 0.717) is 16.9 Å². The number of hydrogen-bond acceptors (Lipinski definition) is 3. The number of nitriles is 1. The molecule has 26 heavy (non-hydrogen) atoms. The van der Waals surface area contributed by atoms with Crippen LogP contribution >= 0.6 is 0 Å². The van der Waals surface area contributed by atoms with Crippen LogP contribution < -0.4 is 5.32 Å². The lowest BCUT2D eigenvalue weighted by atomic mass is 9.92. The molecule has 1 N–H and O–H groups in total. The summed E-state index contributed by atoms with van der Waals surface area (Å²) in [7, 11) is 0. The molecule has 0 bridgehead atoms. The van der Waals surface area contributed by atoms with Gasteiger partial charge in [-0.15, -0.1) is 0 Å². The molecule has 0 atom stereocenters. The molecule has 0 radical (unpaired) electrons. The van der Waals surface area contributed by atoms with E-state index in [1.807, 2.05) is 37.6 Å². The van der Waals surface area contributed by atoms with E-state index in [2.05, 4.69) is 37.3 Å². The highest BCUT2D eigenvalue weighted by Gasteiger charge is 2.25. The largest absolute Gasteiger partial charge is 0.307 e. The van der Waals surface area contributed by atoms with Crippen LogP contribution in [0.2, 0.25) is 0 Å². The van der Waals surface area contributed by atoms with Crippen molar-refractivity contribution in [1.29, 1.82) is 5.26 Å². The summed E-state index contributed by atoms with van der Waals surface area (Å²) in [4.78, 5) is 12.4. The number of carbonyl (C=O) groups is 1. The summed E-state index contributed by atoms with van der Waals surface area (Å²) in [6.45, 7) is 12.4. The molecule has 1 heterocycles. The number of nitrogens with zero attached hydrogens (tertiary/aromatic N) is 3. The van der Waals surface area contributed by atoms with E-state index in [1.54, 1.807) is 24.3 Å². The van der Waals surface area contributed by atoms with Crippen molar-refractivity contribution in [2.75, 3.05) is 5.32 Å². The highest BCUT2D eigenvalue weighted by Crippen LogP contribution is 2.28. The maximum atomic E-state index is 12.4. The molecule has 0 fully saturated rings. The molecule has 136 valence electrons. The molecule has 0 aliphatic carbocycles. The first-order valence-corrected chi connectivity index (χ1v) is 8.61. The molecule has 0 aliphatic rings. The van der Waals surface area contributed by atoms with E-state index in [1.165, 1.54) is 6.08 Å². The third-order valence-electron chi connectivity index (χ3n) is 3.86. The third-order valence-corrected chi connectivity index (χ3v) is 3.86. The number of carbonyl (C=O) groups excluding carboxylic acids is 1. The second-order valence-corrected chi connectivity index (χ2v) is 8.27. The molecule has 5 nitrogen and oxygen atoms in total. The molecule has 0 unspecified atom stereocenters. The summed E-state index contributed by atoms with van der Waals surface area (Å²) in [6.07, 6.45) is 3.09. The summed E-state index contributed by atoms with van der Waals surface area (Å²) in [6, 6.07) is 11.2. The number of nitrogens with one attached hydrogen (secondary N) is 1. The van der Waals surface area contributed by atoms with Crippen molar-refractivity contribution in [2.45, 2.75) is 52.5 Å². The minimum absolute atomic E-state index is 0.114. The Hall–Kier alpha value is -2.87. The van der Waals surface area contributed by atoms with Crippen molar-refractivity contribution in [3.05, 3.63) is 53.2 Å². The van der Waals surface area contributed by atoms with Gasteiger partial charge in [0, 0.05) is 17.6 Å². The summed E-state index contributed by atoms with van der Waals surface area (Å²) < 4.78 is 1.84. The first kappa shape index (κ1) is 19.5. The van der Waals surface area contributed by atoms with Crippen molar-refractivity contribution in [2.24, 2.45) is 0 Å². The molecule has 0 saturated heterocycles. The number of amides is 1. The Morgan fingerprint density at radius 1 is 1.19 bits per heavy atom. The second kappa shape index (κ2) is 7.17. The summed E-state index contributed by atoms with van der Waals surface area (Å²) >= 11 is 0. The number of rotatable bonds is 3. The van der Waals surface area contributed by atoms with Gasteiger partial charge in [0.2, 0.25) is 5.91 Å². The van der Waals surface area contributed by atoms with Crippen LogP contribution in [0.5, 0.6) is 0 Å². The van der Waals surface area contributed by atoms with Gasteiger partial charge in [0.15, 0.2) is 0 Å². The predicted octanol–water partition coefficient (Wildman–Crippen LogP) is 4.46. The van der Waals surface area contributed by atoms with Crippen molar-refractivity contribution >= 4 is 17.8 Å². The van der Waals surface area contributed by atoms with E-state index in [0.717, 1.165) is 5.69 Å². The van der Waals surface area contributed by atoms with E-state index in [4.69, 9.17) is 5.26 Å². The maximum Gasteiger partial charge on any atom is 0.249 e. The zero-order valence-electron chi connectivity index (χ0n) is 16.3. The molecular formula is C21H26N4O. The van der Waals surface area contributed by atoms with Crippen LogP contribution in [0, 0.1) is 11.3 Å². The lowest BCUT2D eigenvalue weighted by Crippen LogP contribution is -2.27. The first-order valence-electron chi connectivity index (χ1n) is 8.61. The topological polar surface area (TPSA) is 70.7 Å². The fourth-order valence-corrected chi connectivity index (χ4v) is 2.43. The molecule has 1 aromatic heterocycles. The van der Waals surface area contributed by atoms with Crippen molar-refractivity contribution in [3.8, 4) is 6.07 Å². The smallest absolute Gasteiger partial charge is 0.249 e. The van der Waals surface area contributed by atoms with Gasteiger partial charge < -0.3 is 5.32 Å². The Bertz CT molecular complexity index is 871. The Morgan fingerprint density at radius 2 is 1.85 bits per heavy atom. The second-order valence-electron chi connectivity index (χ2n) is 8.27. The number of anilines is 1. The highest BCUT2D eigenvalue weighted by atomic mass is 16.1. The summed E-state index contributed by atoms with van der Waals surface area (Å²) in [5.74, 6) is 0.397. The van der Waals surface area contributed by atoms with Crippen LogP contribution in [0.3, 0.4) is 0 Å². The Labute approximate surface area is 155 Å². The van der Waals surface area contributed by atoms with Crippen LogP contribution in [0.15, 0.2) is 36.4 Å². The van der Waals surface area contributed by atoms with Gasteiger partial charge in [-0.1, -0.05) is 39.0 Å². The van der Waals surface area contributed by atoms with Gasteiger partial charge in [-0.3, -0.25) is 4.79 Å². The third kappa shape index (κ3) is 4.60. The van der Waals surface area contributed by atoms with Crippen molar-refractivity contribution in [1.82, 2.24) is 9.78 Å². The van der Waals surface area contributed by atoms with E-state index in [9.17, 15) is 4.79 Å². The lowest BCUT2D eigenvalue weighted by molar-refractivity contribution is -0.111. The van der Waals surface area contributed by atoms with Crippen LogP contribution in [0.1, 0.15) is 58.4 Å². The van der Waals surface area contributed by atoms with Gasteiger partial charge in [0.05, 0.1) is 22.9 Å². The molecule has 0 spiro atoms. The lowest BCUT2D eigenvalue weighted by Gasteiger charge is -2.22. The zero-order chi connectivity index (χ0) is 19.5. The van der Waals surface area contributed by atoms with Crippen LogP contribution in [-0.4, -0.2) is 15.7 Å². The molecule has 2 rings (SSSR count). The Kier molecular flexibility index (Phi) is 5.36. The maximum absolute atomic E-state index is 12.4. The number of aromatic nitrogens is 2. The van der Waals surface area contributed by atoms with Gasteiger partial charge in [0.25, 0.3) is 0 Å². The van der Waals surface area contributed by atoms with Crippen molar-refractivity contribution < 1.29 is 4.79 Å². The molecule has 0 saturated carbocycles. The average Bonchev–Trinajstić information content (AvgIpc) is 2.97. The predicted molar refractivity (Wildman–Crippen MR) is 105 cm³/mol. The highest BCUT2D eigenvalue weighted by molar-refractivity contribution is 6.01. The quantitative estimate of drug-likeness (QED) is 0.831. The van der Waals surface area contributed by atoms with Crippen LogP contribution in [-0.2, 0) is 15.7 Å². The minimum Gasteiger partial charge on any atom is -0.307 e. The summed E-state index contributed by atoms with van der Waals surface area (Å²) in [5.41, 5.74) is 1.79. The van der Waals surface area contributed by atoms with Gasteiger partial charge in [-0.2, -0.15) is 10.4 Å². The van der Waals surface area contributed by atoms with E-state index >= 15 is 0 Å². The fourth-order valence-electron chi connectivity index (χ4n) is 2.43. The van der Waals surface area contributed by atoms with Crippen molar-refractivity contribution in [3.63, 3.8) is 0 Å². The summed E-state index contributed by atoms with van der Waals surface area (Å²) in [5, 5.41) is 16.7. The SMILES string of the molecule is CC(C)(C)c1cc(NC(=O)/C=C/c2ccccc2C#N)n(C(C)(C)C)n1. The van der Waals surface area contributed by atoms with Gasteiger partial charge in [0.1, 0.15) is 5.82 Å². The van der Waals surface area contributed by atoms with Gasteiger partial charge in [-0.05, 0) is 38.5 Å². The fraction of sp³-hybridized carbons (Fsp3) is 0.381.